The minimum absolute atomic E-state index is 0.0246. The third kappa shape index (κ3) is 14.0. The summed E-state index contributed by atoms with van der Waals surface area (Å²) in [6.07, 6.45) is 21.9. The molecule has 0 saturated carbocycles. The quantitative estimate of drug-likeness (QED) is 0.243. The first-order valence-electron chi connectivity index (χ1n) is 11.8. The number of hydrogen-bond acceptors (Lipinski definition) is 1. The van der Waals surface area contributed by atoms with Crippen LogP contribution < -0.4 is 5.32 Å². The van der Waals surface area contributed by atoms with Crippen LogP contribution in [0.25, 0.3) is 0 Å². The van der Waals surface area contributed by atoms with E-state index in [4.69, 9.17) is 11.6 Å². The Bertz CT molecular complexity index is 503. The molecule has 0 aliphatic carbocycles. The lowest BCUT2D eigenvalue weighted by molar-refractivity contribution is 0.0953. The Morgan fingerprint density at radius 3 is 1.68 bits per heavy atom. The number of halogens is 1. The van der Waals surface area contributed by atoms with E-state index in [0.29, 0.717) is 10.6 Å². The van der Waals surface area contributed by atoms with Crippen molar-refractivity contribution in [2.75, 3.05) is 6.54 Å². The van der Waals surface area contributed by atoms with Crippen LogP contribution >= 0.6 is 11.6 Å². The number of unbranched alkanes of at least 4 members (excludes halogenated alkanes) is 15. The molecule has 1 N–H and O–H groups in total. The fourth-order valence-corrected chi connectivity index (χ4v) is 3.80. The van der Waals surface area contributed by atoms with Gasteiger partial charge >= 0.3 is 0 Å². The minimum atomic E-state index is -0.0246. The molecule has 0 fully saturated rings. The Balaban J connectivity index is 1.79. The van der Waals surface area contributed by atoms with E-state index in [9.17, 15) is 4.79 Å². The topological polar surface area (TPSA) is 29.1 Å². The van der Waals surface area contributed by atoms with Crippen LogP contribution in [0.1, 0.15) is 120 Å². The molecule has 160 valence electrons. The number of hydrogen-bond donors (Lipinski definition) is 1. The van der Waals surface area contributed by atoms with Crippen molar-refractivity contribution in [3.05, 3.63) is 34.9 Å². The summed E-state index contributed by atoms with van der Waals surface area (Å²) in [5.41, 5.74) is 0.643. The summed E-state index contributed by atoms with van der Waals surface area (Å²) in [6.45, 7) is 3.04. The molecule has 0 radical (unpaired) electrons. The van der Waals surface area contributed by atoms with E-state index < -0.39 is 0 Å². The smallest absolute Gasteiger partial charge is 0.251 e. The van der Waals surface area contributed by atoms with Crippen molar-refractivity contribution in [1.82, 2.24) is 5.32 Å². The van der Waals surface area contributed by atoms with Crippen LogP contribution in [0.3, 0.4) is 0 Å². The van der Waals surface area contributed by atoms with E-state index >= 15 is 0 Å². The summed E-state index contributed by atoms with van der Waals surface area (Å²) in [6, 6.07) is 7.11. The van der Waals surface area contributed by atoms with Gasteiger partial charge in [-0.2, -0.15) is 0 Å². The van der Waals surface area contributed by atoms with E-state index in [1.807, 2.05) is 6.07 Å². The van der Waals surface area contributed by atoms with Crippen molar-refractivity contribution in [1.29, 1.82) is 0 Å². The first-order valence-corrected chi connectivity index (χ1v) is 12.2. The summed E-state index contributed by atoms with van der Waals surface area (Å²) in [7, 11) is 0. The molecular formula is C25H42ClNO. The van der Waals surface area contributed by atoms with Gasteiger partial charge in [-0.25, -0.2) is 0 Å². The monoisotopic (exact) mass is 407 g/mol. The van der Waals surface area contributed by atoms with Gasteiger partial charge in [-0.3, -0.25) is 4.79 Å². The van der Waals surface area contributed by atoms with E-state index in [0.717, 1.165) is 13.0 Å². The van der Waals surface area contributed by atoms with Gasteiger partial charge in [-0.1, -0.05) is 121 Å². The molecule has 1 amide bonds. The maximum Gasteiger partial charge on any atom is 0.251 e. The second-order valence-corrected chi connectivity index (χ2v) is 8.51. The van der Waals surface area contributed by atoms with Crippen molar-refractivity contribution in [3.63, 3.8) is 0 Å². The van der Waals surface area contributed by atoms with Gasteiger partial charge in [0.2, 0.25) is 0 Å². The second-order valence-electron chi connectivity index (χ2n) is 8.07. The SMILES string of the molecule is CCCCCCCCCCCCCCCCCCNC(=O)c1cccc(Cl)c1. The molecule has 1 aromatic carbocycles. The fourth-order valence-electron chi connectivity index (χ4n) is 3.61. The largest absolute Gasteiger partial charge is 0.352 e. The van der Waals surface area contributed by atoms with Gasteiger partial charge in [0.25, 0.3) is 5.91 Å². The number of benzene rings is 1. The van der Waals surface area contributed by atoms with Crippen LogP contribution in [-0.2, 0) is 0 Å². The predicted octanol–water partition coefficient (Wildman–Crippen LogP) is 8.33. The molecule has 0 bridgehead atoms. The molecule has 1 aromatic rings. The maximum atomic E-state index is 12.0. The average molecular weight is 408 g/mol. The van der Waals surface area contributed by atoms with Gasteiger partial charge in [-0.15, -0.1) is 0 Å². The van der Waals surface area contributed by atoms with Gasteiger partial charge in [0.1, 0.15) is 0 Å². The molecule has 0 saturated heterocycles. The Kier molecular flexibility index (Phi) is 16.1. The lowest BCUT2D eigenvalue weighted by Crippen LogP contribution is -2.24. The van der Waals surface area contributed by atoms with Crippen LogP contribution in [0.4, 0.5) is 0 Å². The number of carbonyl (C=O) groups excluding carboxylic acids is 1. The van der Waals surface area contributed by atoms with Crippen molar-refractivity contribution in [3.8, 4) is 0 Å². The number of carbonyl (C=O) groups is 1. The summed E-state index contributed by atoms with van der Waals surface area (Å²) in [4.78, 5) is 12.0. The lowest BCUT2D eigenvalue weighted by atomic mass is 10.0. The van der Waals surface area contributed by atoms with Crippen molar-refractivity contribution in [2.45, 2.75) is 110 Å². The van der Waals surface area contributed by atoms with Crippen LogP contribution in [0, 0.1) is 0 Å². The molecule has 1 rings (SSSR count). The van der Waals surface area contributed by atoms with E-state index in [1.54, 1.807) is 18.2 Å². The first kappa shape index (κ1) is 25.0. The maximum absolute atomic E-state index is 12.0. The van der Waals surface area contributed by atoms with Crippen LogP contribution in [-0.4, -0.2) is 12.5 Å². The molecule has 0 aromatic heterocycles. The van der Waals surface area contributed by atoms with Crippen molar-refractivity contribution < 1.29 is 4.79 Å². The molecule has 2 nitrogen and oxygen atoms in total. The highest BCUT2D eigenvalue weighted by Gasteiger charge is 2.04. The second kappa shape index (κ2) is 18.0. The van der Waals surface area contributed by atoms with Gasteiger partial charge in [0.15, 0.2) is 0 Å². The molecule has 0 heterocycles. The highest BCUT2D eigenvalue weighted by atomic mass is 35.5. The lowest BCUT2D eigenvalue weighted by Gasteiger charge is -2.06. The van der Waals surface area contributed by atoms with Gasteiger partial charge < -0.3 is 5.32 Å². The number of nitrogens with one attached hydrogen (secondary N) is 1. The van der Waals surface area contributed by atoms with E-state index in [-0.39, 0.29) is 5.91 Å². The van der Waals surface area contributed by atoms with Gasteiger partial charge in [-0.05, 0) is 24.6 Å². The van der Waals surface area contributed by atoms with Crippen LogP contribution in [0.5, 0.6) is 0 Å². The summed E-state index contributed by atoms with van der Waals surface area (Å²) < 4.78 is 0. The Morgan fingerprint density at radius 2 is 1.21 bits per heavy atom. The molecule has 0 aliphatic heterocycles. The number of amides is 1. The summed E-state index contributed by atoms with van der Waals surface area (Å²) in [5, 5.41) is 3.58. The molecule has 0 atom stereocenters. The van der Waals surface area contributed by atoms with Gasteiger partial charge in [0.05, 0.1) is 0 Å². The minimum Gasteiger partial charge on any atom is -0.352 e. The first-order chi connectivity index (χ1) is 13.7. The highest BCUT2D eigenvalue weighted by Crippen LogP contribution is 2.14. The third-order valence-electron chi connectivity index (χ3n) is 5.40. The average Bonchev–Trinajstić information content (AvgIpc) is 2.70. The standard InChI is InChI=1S/C25H42ClNO/c1-2-3-4-5-6-7-8-9-10-11-12-13-14-15-16-17-21-27-25(28)23-19-18-20-24(26)22-23/h18-20,22H,2-17,21H2,1H3,(H,27,28). The van der Waals surface area contributed by atoms with E-state index in [2.05, 4.69) is 12.2 Å². The van der Waals surface area contributed by atoms with Crippen molar-refractivity contribution in [2.24, 2.45) is 0 Å². The Morgan fingerprint density at radius 1 is 0.750 bits per heavy atom. The molecular weight excluding hydrogens is 366 g/mol. The van der Waals surface area contributed by atoms with Crippen molar-refractivity contribution >= 4 is 17.5 Å². The predicted molar refractivity (Wildman–Crippen MR) is 123 cm³/mol. The van der Waals surface area contributed by atoms with Crippen LogP contribution in [0.2, 0.25) is 5.02 Å². The molecule has 28 heavy (non-hydrogen) atoms. The zero-order valence-electron chi connectivity index (χ0n) is 18.1. The Hall–Kier alpha value is -1.02. The Labute approximate surface area is 178 Å². The molecule has 0 aliphatic rings. The van der Waals surface area contributed by atoms with E-state index in [1.165, 1.54) is 96.3 Å². The molecule has 0 unspecified atom stereocenters. The van der Waals surface area contributed by atoms with Gasteiger partial charge in [0, 0.05) is 17.1 Å². The highest BCUT2D eigenvalue weighted by molar-refractivity contribution is 6.30. The zero-order valence-corrected chi connectivity index (χ0v) is 18.9. The molecule has 3 heteroatoms. The molecule has 0 spiro atoms. The third-order valence-corrected chi connectivity index (χ3v) is 5.64. The summed E-state index contributed by atoms with van der Waals surface area (Å²) >= 11 is 5.92. The fraction of sp³-hybridized carbons (Fsp3) is 0.720. The summed E-state index contributed by atoms with van der Waals surface area (Å²) in [5.74, 6) is -0.0246. The normalized spacial score (nSPS) is 10.9. The zero-order chi connectivity index (χ0) is 20.3. The van der Waals surface area contributed by atoms with Crippen LogP contribution in [0.15, 0.2) is 24.3 Å². The number of rotatable bonds is 18.